The van der Waals surface area contributed by atoms with Crippen LogP contribution >= 0.6 is 0 Å². The van der Waals surface area contributed by atoms with E-state index in [0.717, 1.165) is 22.5 Å². The molecule has 176 valence electrons. The predicted octanol–water partition coefficient (Wildman–Crippen LogP) is 3.64. The molecule has 1 unspecified atom stereocenters. The molecule has 1 saturated heterocycles. The van der Waals surface area contributed by atoms with E-state index in [9.17, 15) is 14.9 Å². The first-order valence-electron chi connectivity index (χ1n) is 11.6. The quantitative estimate of drug-likeness (QED) is 0.616. The van der Waals surface area contributed by atoms with Crippen LogP contribution in [0.3, 0.4) is 0 Å². The number of anilines is 3. The number of fused-ring (bicyclic) bond motifs is 1. The Balaban J connectivity index is 1.33. The lowest BCUT2D eigenvalue weighted by molar-refractivity contribution is -0.124. The molecule has 8 nitrogen and oxygen atoms in total. The highest BCUT2D eigenvalue weighted by Crippen LogP contribution is 2.42. The molecular formula is C27H26N6O2. The molecule has 0 bridgehead atoms. The molecule has 8 heteroatoms. The molecule has 2 aliphatic heterocycles. The number of aromatic nitrogens is 2. The van der Waals surface area contributed by atoms with E-state index in [4.69, 9.17) is 0 Å². The van der Waals surface area contributed by atoms with E-state index in [1.807, 2.05) is 17.0 Å². The number of hydrogen-bond donors (Lipinski definition) is 1. The molecule has 1 fully saturated rings. The number of amides is 2. The summed E-state index contributed by atoms with van der Waals surface area (Å²) >= 11 is 0. The lowest BCUT2D eigenvalue weighted by Crippen LogP contribution is -2.39. The smallest absolute Gasteiger partial charge is 0.232 e. The number of nitrogens with one attached hydrogen (secondary N) is 1. The van der Waals surface area contributed by atoms with Gasteiger partial charge < -0.3 is 15.1 Å². The molecule has 5 rings (SSSR count). The lowest BCUT2D eigenvalue weighted by atomic mass is 9.86. The van der Waals surface area contributed by atoms with Crippen LogP contribution in [0.15, 0.2) is 61.2 Å². The number of benzene rings is 2. The standard InChI is InChI=1S/C27H26N6O2/c1-27(2)16-33(24-7-6-19(9-23(24)27)12-31-21-13-29-17-30-14-21)26(35)20-10-25(34)32(15-20)22-5-3-4-18(8-22)11-28/h3-9,13-14,17,20,31H,10,12,15-16H2,1-2H3. The Morgan fingerprint density at radius 3 is 2.77 bits per heavy atom. The van der Waals surface area contributed by atoms with Crippen LogP contribution in [0.5, 0.6) is 0 Å². The molecular weight excluding hydrogens is 440 g/mol. The van der Waals surface area contributed by atoms with E-state index in [1.165, 1.54) is 6.33 Å². The van der Waals surface area contributed by atoms with Crippen molar-refractivity contribution < 1.29 is 9.59 Å². The summed E-state index contributed by atoms with van der Waals surface area (Å²) in [6.45, 7) is 5.79. The van der Waals surface area contributed by atoms with Gasteiger partial charge in [-0.2, -0.15) is 5.26 Å². The second-order valence-corrected chi connectivity index (χ2v) is 9.71. The van der Waals surface area contributed by atoms with Gasteiger partial charge in [0.25, 0.3) is 0 Å². The third kappa shape index (κ3) is 4.33. The molecule has 35 heavy (non-hydrogen) atoms. The van der Waals surface area contributed by atoms with Crippen LogP contribution in [0.1, 0.15) is 37.0 Å². The van der Waals surface area contributed by atoms with E-state index in [-0.39, 0.29) is 23.7 Å². The topological polar surface area (TPSA) is 102 Å². The molecule has 1 N–H and O–H groups in total. The highest BCUT2D eigenvalue weighted by Gasteiger charge is 2.43. The Labute approximate surface area is 204 Å². The van der Waals surface area contributed by atoms with Gasteiger partial charge >= 0.3 is 0 Å². The van der Waals surface area contributed by atoms with Crippen LogP contribution in [0, 0.1) is 17.2 Å². The van der Waals surface area contributed by atoms with Crippen molar-refractivity contribution in [3.63, 3.8) is 0 Å². The second kappa shape index (κ2) is 8.84. The van der Waals surface area contributed by atoms with Crippen molar-refractivity contribution in [2.24, 2.45) is 5.92 Å². The first kappa shape index (κ1) is 22.5. The van der Waals surface area contributed by atoms with Gasteiger partial charge in [-0.3, -0.25) is 9.59 Å². The number of carbonyl (C=O) groups excluding carboxylic acids is 2. The van der Waals surface area contributed by atoms with Crippen molar-refractivity contribution >= 4 is 28.9 Å². The fourth-order valence-electron chi connectivity index (χ4n) is 4.91. The minimum Gasteiger partial charge on any atom is -0.378 e. The van der Waals surface area contributed by atoms with E-state index in [0.29, 0.717) is 30.9 Å². The van der Waals surface area contributed by atoms with E-state index < -0.39 is 5.92 Å². The van der Waals surface area contributed by atoms with Crippen molar-refractivity contribution in [2.45, 2.75) is 32.2 Å². The van der Waals surface area contributed by atoms with Gasteiger partial charge in [0.15, 0.2) is 0 Å². The molecule has 2 amide bonds. The molecule has 3 heterocycles. The average Bonchev–Trinajstić information content (AvgIpc) is 3.39. The number of carbonyl (C=O) groups is 2. The van der Waals surface area contributed by atoms with Crippen LogP contribution in [0.25, 0.3) is 0 Å². The van der Waals surface area contributed by atoms with Crippen LogP contribution in [0.2, 0.25) is 0 Å². The van der Waals surface area contributed by atoms with Gasteiger partial charge in [-0.1, -0.05) is 32.0 Å². The molecule has 2 aliphatic rings. The zero-order valence-electron chi connectivity index (χ0n) is 19.7. The molecule has 3 aromatic rings. The van der Waals surface area contributed by atoms with Crippen LogP contribution < -0.4 is 15.1 Å². The van der Waals surface area contributed by atoms with E-state index >= 15 is 0 Å². The highest BCUT2D eigenvalue weighted by atomic mass is 16.2. The van der Waals surface area contributed by atoms with Crippen molar-refractivity contribution in [1.29, 1.82) is 5.26 Å². The van der Waals surface area contributed by atoms with Gasteiger partial charge in [0.1, 0.15) is 6.33 Å². The van der Waals surface area contributed by atoms with Gasteiger partial charge in [-0.25, -0.2) is 9.97 Å². The van der Waals surface area contributed by atoms with Crippen molar-refractivity contribution in [3.05, 3.63) is 77.9 Å². The van der Waals surface area contributed by atoms with Crippen molar-refractivity contribution in [2.75, 3.05) is 28.2 Å². The summed E-state index contributed by atoms with van der Waals surface area (Å²) in [4.78, 5) is 37.9. The lowest BCUT2D eigenvalue weighted by Gasteiger charge is -2.23. The summed E-state index contributed by atoms with van der Waals surface area (Å²) < 4.78 is 0. The summed E-state index contributed by atoms with van der Waals surface area (Å²) in [6, 6.07) is 15.2. The summed E-state index contributed by atoms with van der Waals surface area (Å²) in [5, 5.41) is 12.5. The Morgan fingerprint density at radius 1 is 1.20 bits per heavy atom. The maximum absolute atomic E-state index is 13.6. The summed E-state index contributed by atoms with van der Waals surface area (Å²) in [6.07, 6.45) is 5.12. The zero-order valence-corrected chi connectivity index (χ0v) is 19.7. The Bertz CT molecular complexity index is 1330. The number of nitrogens with zero attached hydrogens (tertiary/aromatic N) is 5. The number of rotatable bonds is 5. The Morgan fingerprint density at radius 2 is 2.00 bits per heavy atom. The van der Waals surface area contributed by atoms with Gasteiger partial charge in [0, 0.05) is 42.8 Å². The average molecular weight is 467 g/mol. The van der Waals surface area contributed by atoms with Crippen molar-refractivity contribution in [3.8, 4) is 6.07 Å². The van der Waals surface area contributed by atoms with Crippen LogP contribution in [-0.4, -0.2) is 34.9 Å². The normalized spacial score (nSPS) is 18.3. The SMILES string of the molecule is CC1(C)CN(C(=O)C2CC(=O)N(c3cccc(C#N)c3)C2)c2ccc(CNc3cncnc3)cc21. The Hall–Kier alpha value is -4.25. The minimum absolute atomic E-state index is 0.0311. The van der Waals surface area contributed by atoms with E-state index in [2.05, 4.69) is 41.3 Å². The predicted molar refractivity (Wildman–Crippen MR) is 133 cm³/mol. The summed E-state index contributed by atoms with van der Waals surface area (Å²) in [7, 11) is 0. The van der Waals surface area contributed by atoms with Crippen LogP contribution in [-0.2, 0) is 21.5 Å². The molecule has 0 aliphatic carbocycles. The fourth-order valence-corrected chi connectivity index (χ4v) is 4.91. The zero-order chi connectivity index (χ0) is 24.6. The summed E-state index contributed by atoms with van der Waals surface area (Å²) in [5.74, 6) is -0.547. The number of nitriles is 1. The molecule has 1 aromatic heterocycles. The maximum Gasteiger partial charge on any atom is 0.232 e. The Kier molecular flexibility index (Phi) is 5.69. The van der Waals surface area contributed by atoms with Gasteiger partial charge in [0.2, 0.25) is 11.8 Å². The molecule has 2 aromatic carbocycles. The van der Waals surface area contributed by atoms with Crippen LogP contribution in [0.4, 0.5) is 17.1 Å². The first-order valence-corrected chi connectivity index (χ1v) is 11.6. The van der Waals surface area contributed by atoms with Gasteiger partial charge in [0.05, 0.1) is 35.6 Å². The van der Waals surface area contributed by atoms with Crippen molar-refractivity contribution in [1.82, 2.24) is 9.97 Å². The largest absolute Gasteiger partial charge is 0.378 e. The molecule has 0 spiro atoms. The number of hydrogen-bond acceptors (Lipinski definition) is 6. The molecule has 0 saturated carbocycles. The second-order valence-electron chi connectivity index (χ2n) is 9.71. The monoisotopic (exact) mass is 466 g/mol. The maximum atomic E-state index is 13.6. The highest BCUT2D eigenvalue weighted by molar-refractivity contribution is 6.05. The van der Waals surface area contributed by atoms with Gasteiger partial charge in [-0.05, 0) is 35.4 Å². The molecule has 1 atom stereocenters. The summed E-state index contributed by atoms with van der Waals surface area (Å²) in [5.41, 5.74) is 4.93. The third-order valence-corrected chi connectivity index (χ3v) is 6.72. The fraction of sp³-hybridized carbons (Fsp3) is 0.296. The third-order valence-electron chi connectivity index (χ3n) is 6.72. The molecule has 0 radical (unpaired) electrons. The minimum atomic E-state index is -0.422. The van der Waals surface area contributed by atoms with Gasteiger partial charge in [-0.15, -0.1) is 0 Å². The van der Waals surface area contributed by atoms with E-state index in [1.54, 1.807) is 41.6 Å². The first-order chi connectivity index (χ1) is 16.9.